The lowest BCUT2D eigenvalue weighted by Crippen LogP contribution is -2.47. The third-order valence-corrected chi connectivity index (χ3v) is 4.94. The quantitative estimate of drug-likeness (QED) is 0.701. The standard InChI is InChI=1S/C19H14ClN7O/c20-14-7-2-1-4-11(14)18(28)25-19-24-15-12(16-22-10-23-26-16)5-3-6-13(15)17-21-8-9-27(17)19/h1-7,10H,8-9H2,(H,22,23,26)(H,24,25,28). The van der Waals surface area contributed by atoms with Gasteiger partial charge in [-0.1, -0.05) is 29.8 Å². The maximum atomic E-state index is 12.8. The van der Waals surface area contributed by atoms with Crippen molar-refractivity contribution in [2.45, 2.75) is 0 Å². The number of halogens is 1. The first kappa shape index (κ1) is 16.6. The smallest absolute Gasteiger partial charge is 0.259 e. The molecule has 138 valence electrons. The molecule has 2 aromatic carbocycles. The number of fused-ring (bicyclic) bond motifs is 3. The Bertz CT molecular complexity index is 1140. The van der Waals surface area contributed by atoms with Gasteiger partial charge in [0.25, 0.3) is 5.91 Å². The summed E-state index contributed by atoms with van der Waals surface area (Å²) in [6, 6.07) is 12.7. The molecular formula is C19H14ClN7O. The number of aromatic amines is 1. The van der Waals surface area contributed by atoms with Crippen molar-refractivity contribution in [3.8, 4) is 11.4 Å². The molecule has 5 rings (SSSR count). The fraction of sp³-hybridized carbons (Fsp3) is 0.105. The average molecular weight is 392 g/mol. The number of nitrogens with zero attached hydrogens (tertiary/aromatic N) is 5. The zero-order valence-corrected chi connectivity index (χ0v) is 15.3. The number of rotatable bonds is 2. The lowest BCUT2D eigenvalue weighted by Gasteiger charge is -2.28. The predicted molar refractivity (Wildman–Crippen MR) is 106 cm³/mol. The van der Waals surface area contributed by atoms with Gasteiger partial charge in [0.1, 0.15) is 12.2 Å². The Morgan fingerprint density at radius 1 is 1.14 bits per heavy atom. The molecule has 0 spiro atoms. The minimum atomic E-state index is -0.323. The van der Waals surface area contributed by atoms with E-state index in [1.165, 1.54) is 6.33 Å². The number of H-pyrrole nitrogens is 1. The largest absolute Gasteiger partial charge is 0.327 e. The molecule has 28 heavy (non-hydrogen) atoms. The van der Waals surface area contributed by atoms with Gasteiger partial charge in [-0.3, -0.25) is 20.0 Å². The molecule has 0 aliphatic carbocycles. The molecule has 9 heteroatoms. The van der Waals surface area contributed by atoms with Gasteiger partial charge in [0, 0.05) is 17.7 Å². The third-order valence-electron chi connectivity index (χ3n) is 4.61. The van der Waals surface area contributed by atoms with Crippen LogP contribution in [0.4, 0.5) is 5.69 Å². The first-order valence-electron chi connectivity index (χ1n) is 8.69. The van der Waals surface area contributed by atoms with Crippen LogP contribution in [0.3, 0.4) is 0 Å². The van der Waals surface area contributed by atoms with Crippen LogP contribution in [0.25, 0.3) is 11.4 Å². The van der Waals surface area contributed by atoms with E-state index in [0.717, 1.165) is 17.0 Å². The fourth-order valence-corrected chi connectivity index (χ4v) is 3.55. The second kappa shape index (κ2) is 6.58. The zero-order chi connectivity index (χ0) is 19.1. The zero-order valence-electron chi connectivity index (χ0n) is 14.6. The average Bonchev–Trinajstić information content (AvgIpc) is 3.40. The Kier molecular flexibility index (Phi) is 3.91. The molecule has 0 radical (unpaired) electrons. The number of amidine groups is 1. The Morgan fingerprint density at radius 3 is 2.82 bits per heavy atom. The highest BCUT2D eigenvalue weighted by molar-refractivity contribution is 6.34. The highest BCUT2D eigenvalue weighted by Crippen LogP contribution is 2.36. The number of aromatic nitrogens is 3. The molecule has 2 aliphatic heterocycles. The highest BCUT2D eigenvalue weighted by Gasteiger charge is 2.32. The lowest BCUT2D eigenvalue weighted by molar-refractivity contribution is 0.0974. The highest BCUT2D eigenvalue weighted by atomic mass is 35.5. The summed E-state index contributed by atoms with van der Waals surface area (Å²) in [6.07, 6.45) is 1.51. The summed E-state index contributed by atoms with van der Waals surface area (Å²) in [4.78, 5) is 27.0. The number of hydrogen-bond donors (Lipinski definition) is 2. The molecule has 0 unspecified atom stereocenters. The van der Waals surface area contributed by atoms with Crippen LogP contribution >= 0.6 is 11.6 Å². The minimum Gasteiger partial charge on any atom is -0.327 e. The van der Waals surface area contributed by atoms with Gasteiger partial charge < -0.3 is 4.98 Å². The van der Waals surface area contributed by atoms with Crippen LogP contribution in [0, 0.1) is 0 Å². The summed E-state index contributed by atoms with van der Waals surface area (Å²) < 4.78 is 0. The second-order valence-electron chi connectivity index (χ2n) is 6.27. The van der Waals surface area contributed by atoms with E-state index < -0.39 is 0 Å². The lowest BCUT2D eigenvalue weighted by atomic mass is 10.0. The van der Waals surface area contributed by atoms with E-state index in [4.69, 9.17) is 16.6 Å². The monoisotopic (exact) mass is 391 g/mol. The van der Waals surface area contributed by atoms with Crippen LogP contribution < -0.4 is 5.32 Å². The van der Waals surface area contributed by atoms with Crippen molar-refractivity contribution in [2.24, 2.45) is 9.98 Å². The normalized spacial score (nSPS) is 14.8. The summed E-state index contributed by atoms with van der Waals surface area (Å²) in [5.74, 6) is 1.47. The topological polar surface area (TPSA) is 98.6 Å². The SMILES string of the molecule is O=C(NC1=Nc2c(cccc2-c2nnc[nH]2)C2=NCCN12)c1ccccc1Cl. The molecular weight excluding hydrogens is 378 g/mol. The number of carbonyl (C=O) groups is 1. The number of carbonyl (C=O) groups excluding carboxylic acids is 1. The van der Waals surface area contributed by atoms with E-state index in [2.05, 4.69) is 25.5 Å². The van der Waals surface area contributed by atoms with Gasteiger partial charge in [-0.25, -0.2) is 4.99 Å². The van der Waals surface area contributed by atoms with Crippen molar-refractivity contribution in [3.63, 3.8) is 0 Å². The molecule has 2 aliphatic rings. The Labute approximate surface area is 165 Å². The third kappa shape index (κ3) is 2.66. The molecule has 0 fully saturated rings. The summed E-state index contributed by atoms with van der Waals surface area (Å²) >= 11 is 6.16. The molecule has 1 amide bonds. The van der Waals surface area contributed by atoms with Gasteiger partial charge in [0.2, 0.25) is 5.96 Å². The summed E-state index contributed by atoms with van der Waals surface area (Å²) in [6.45, 7) is 1.27. The molecule has 0 atom stereocenters. The Hall–Kier alpha value is -3.52. The second-order valence-corrected chi connectivity index (χ2v) is 6.67. The molecule has 0 saturated carbocycles. The Morgan fingerprint density at radius 2 is 2.00 bits per heavy atom. The van der Waals surface area contributed by atoms with Gasteiger partial charge in [0.15, 0.2) is 5.82 Å². The van der Waals surface area contributed by atoms with Crippen LogP contribution in [0.5, 0.6) is 0 Å². The van der Waals surface area contributed by atoms with Crippen molar-refractivity contribution in [3.05, 3.63) is 64.9 Å². The van der Waals surface area contributed by atoms with E-state index in [-0.39, 0.29) is 5.91 Å². The van der Waals surface area contributed by atoms with E-state index in [1.807, 2.05) is 23.1 Å². The van der Waals surface area contributed by atoms with Crippen LogP contribution in [-0.2, 0) is 0 Å². The van der Waals surface area contributed by atoms with Gasteiger partial charge in [0.05, 0.1) is 22.8 Å². The molecule has 1 aromatic heterocycles. The molecule has 0 bridgehead atoms. The minimum absolute atomic E-state index is 0.323. The van der Waals surface area contributed by atoms with Gasteiger partial charge in [-0.2, -0.15) is 0 Å². The van der Waals surface area contributed by atoms with Gasteiger partial charge in [-0.15, -0.1) is 10.2 Å². The number of guanidine groups is 1. The van der Waals surface area contributed by atoms with Crippen molar-refractivity contribution < 1.29 is 4.79 Å². The maximum Gasteiger partial charge on any atom is 0.259 e. The first-order chi connectivity index (χ1) is 13.7. The number of hydrogen-bond acceptors (Lipinski definition) is 6. The fourth-order valence-electron chi connectivity index (χ4n) is 3.33. The number of nitrogens with one attached hydrogen (secondary N) is 2. The first-order valence-corrected chi connectivity index (χ1v) is 9.06. The molecule has 3 heterocycles. The van der Waals surface area contributed by atoms with E-state index in [0.29, 0.717) is 41.1 Å². The van der Waals surface area contributed by atoms with E-state index in [9.17, 15) is 4.79 Å². The number of para-hydroxylation sites is 1. The van der Waals surface area contributed by atoms with Crippen molar-refractivity contribution >= 4 is 35.0 Å². The van der Waals surface area contributed by atoms with Crippen molar-refractivity contribution in [1.29, 1.82) is 0 Å². The Balaban J connectivity index is 1.59. The van der Waals surface area contributed by atoms with E-state index >= 15 is 0 Å². The van der Waals surface area contributed by atoms with Crippen LogP contribution in [0.2, 0.25) is 5.02 Å². The molecule has 3 aromatic rings. The number of amides is 1. The van der Waals surface area contributed by atoms with Crippen molar-refractivity contribution in [1.82, 2.24) is 25.4 Å². The predicted octanol–water partition coefficient (Wildman–Crippen LogP) is 2.62. The molecule has 2 N–H and O–H groups in total. The molecule has 8 nitrogen and oxygen atoms in total. The summed E-state index contributed by atoms with van der Waals surface area (Å²) in [5.41, 5.74) is 2.75. The number of benzene rings is 2. The van der Waals surface area contributed by atoms with E-state index in [1.54, 1.807) is 24.3 Å². The maximum absolute atomic E-state index is 12.8. The number of aliphatic imine (C=N–C) groups is 2. The molecule has 0 saturated heterocycles. The summed E-state index contributed by atoms with van der Waals surface area (Å²) in [7, 11) is 0. The van der Waals surface area contributed by atoms with Crippen molar-refractivity contribution in [2.75, 3.05) is 13.1 Å². The van der Waals surface area contributed by atoms with Crippen LogP contribution in [0.1, 0.15) is 15.9 Å². The van der Waals surface area contributed by atoms with Gasteiger partial charge in [-0.05, 0) is 24.3 Å². The van der Waals surface area contributed by atoms with Gasteiger partial charge >= 0.3 is 0 Å². The van der Waals surface area contributed by atoms with Crippen LogP contribution in [-0.4, -0.2) is 50.9 Å². The van der Waals surface area contributed by atoms with Crippen LogP contribution in [0.15, 0.2) is 58.8 Å². The summed E-state index contributed by atoms with van der Waals surface area (Å²) in [5, 5.41) is 11.2.